The van der Waals surface area contributed by atoms with Crippen molar-refractivity contribution in [2.45, 2.75) is 0 Å². The Morgan fingerprint density at radius 3 is 2.21 bits per heavy atom. The quantitative estimate of drug-likeness (QED) is 0.682. The maximum Gasteiger partial charge on any atom is 0.214 e. The maximum atomic E-state index is 12.1. The van der Waals surface area contributed by atoms with Crippen LogP contribution in [0.3, 0.4) is 0 Å². The highest BCUT2D eigenvalue weighted by atomic mass is 32.1. The predicted molar refractivity (Wildman–Crippen MR) is 75.2 cm³/mol. The molecule has 0 saturated carbocycles. The molecule has 1 heterocycles. The molecule has 2 aromatic carbocycles. The summed E-state index contributed by atoms with van der Waals surface area (Å²) in [7, 11) is 0. The molecule has 19 heavy (non-hydrogen) atoms. The monoisotopic (exact) mass is 266 g/mol. The van der Waals surface area contributed by atoms with Crippen molar-refractivity contribution in [2.24, 2.45) is 0 Å². The number of benzene rings is 2. The third kappa shape index (κ3) is 2.44. The predicted octanol–water partition coefficient (Wildman–Crippen LogP) is 3.44. The number of aromatic nitrogens is 2. The minimum Gasteiger partial charge on any atom is -0.287 e. The first-order valence-corrected chi connectivity index (χ1v) is 6.65. The van der Waals surface area contributed by atoms with Crippen LogP contribution in [0.2, 0.25) is 0 Å². The van der Waals surface area contributed by atoms with E-state index in [1.54, 1.807) is 5.38 Å². The van der Waals surface area contributed by atoms with Gasteiger partial charge >= 0.3 is 0 Å². The minimum absolute atomic E-state index is 0.0895. The van der Waals surface area contributed by atoms with E-state index in [9.17, 15) is 4.79 Å². The molecule has 0 aliphatic rings. The molecule has 0 fully saturated rings. The molecule has 3 aromatic rings. The zero-order valence-electron chi connectivity index (χ0n) is 9.98. The molecule has 3 rings (SSSR count). The number of hydrogen-bond acceptors (Lipinski definition) is 4. The lowest BCUT2D eigenvalue weighted by Gasteiger charge is -2.02. The van der Waals surface area contributed by atoms with Crippen LogP contribution in [0.15, 0.2) is 60.0 Å². The van der Waals surface area contributed by atoms with Crippen LogP contribution < -0.4 is 0 Å². The SMILES string of the molecule is O=C(c1ccc(-c2ccccc2)cc1)c1csnn1. The molecule has 0 unspecified atom stereocenters. The highest BCUT2D eigenvalue weighted by molar-refractivity contribution is 7.03. The van der Waals surface area contributed by atoms with E-state index in [2.05, 4.69) is 9.59 Å². The molecule has 4 heteroatoms. The van der Waals surface area contributed by atoms with Crippen LogP contribution >= 0.6 is 11.5 Å². The molecule has 0 aliphatic carbocycles. The Bertz CT molecular complexity index is 676. The molecule has 0 radical (unpaired) electrons. The average molecular weight is 266 g/mol. The summed E-state index contributed by atoms with van der Waals surface area (Å²) in [6.07, 6.45) is 0. The van der Waals surface area contributed by atoms with Gasteiger partial charge in [-0.15, -0.1) is 5.10 Å². The second-order valence-corrected chi connectivity index (χ2v) is 4.67. The lowest BCUT2D eigenvalue weighted by Crippen LogP contribution is -2.01. The van der Waals surface area contributed by atoms with Gasteiger partial charge in [-0.25, -0.2) is 0 Å². The van der Waals surface area contributed by atoms with Gasteiger partial charge in [-0.1, -0.05) is 59.1 Å². The molecule has 0 bridgehead atoms. The Kier molecular flexibility index (Phi) is 3.16. The van der Waals surface area contributed by atoms with Crippen molar-refractivity contribution in [1.29, 1.82) is 0 Å². The van der Waals surface area contributed by atoms with Gasteiger partial charge in [0.1, 0.15) is 5.69 Å². The van der Waals surface area contributed by atoms with Crippen LogP contribution in [0.25, 0.3) is 11.1 Å². The van der Waals surface area contributed by atoms with Crippen molar-refractivity contribution in [3.8, 4) is 11.1 Å². The van der Waals surface area contributed by atoms with Gasteiger partial charge in [0.05, 0.1) is 0 Å². The summed E-state index contributed by atoms with van der Waals surface area (Å²) in [6.45, 7) is 0. The number of carbonyl (C=O) groups is 1. The Hall–Kier alpha value is -2.33. The lowest BCUT2D eigenvalue weighted by atomic mass is 10.0. The molecule has 3 nitrogen and oxygen atoms in total. The molecule has 0 atom stereocenters. The van der Waals surface area contributed by atoms with Gasteiger partial charge < -0.3 is 0 Å². The van der Waals surface area contributed by atoms with Gasteiger partial charge in [-0.2, -0.15) is 0 Å². The fraction of sp³-hybridized carbons (Fsp3) is 0. The molecule has 0 N–H and O–H groups in total. The summed E-state index contributed by atoms with van der Waals surface area (Å²) in [5, 5.41) is 5.45. The number of nitrogens with zero attached hydrogens (tertiary/aromatic N) is 2. The first-order valence-electron chi connectivity index (χ1n) is 5.82. The fourth-order valence-corrected chi connectivity index (χ4v) is 2.29. The molecular formula is C15H10N2OS. The van der Waals surface area contributed by atoms with Crippen molar-refractivity contribution in [1.82, 2.24) is 9.59 Å². The van der Waals surface area contributed by atoms with E-state index in [1.807, 2.05) is 54.6 Å². The number of ketones is 1. The van der Waals surface area contributed by atoms with E-state index in [0.29, 0.717) is 11.3 Å². The van der Waals surface area contributed by atoms with Crippen molar-refractivity contribution in [3.05, 3.63) is 71.2 Å². The maximum absolute atomic E-state index is 12.1. The molecule has 0 amide bonds. The molecule has 0 spiro atoms. The van der Waals surface area contributed by atoms with E-state index in [4.69, 9.17) is 0 Å². The second-order valence-electron chi connectivity index (χ2n) is 4.06. The highest BCUT2D eigenvalue weighted by Gasteiger charge is 2.11. The minimum atomic E-state index is -0.0895. The van der Waals surface area contributed by atoms with Crippen molar-refractivity contribution < 1.29 is 4.79 Å². The van der Waals surface area contributed by atoms with E-state index in [-0.39, 0.29) is 5.78 Å². The first kappa shape index (κ1) is 11.7. The van der Waals surface area contributed by atoms with E-state index in [1.165, 1.54) is 11.5 Å². The summed E-state index contributed by atoms with van der Waals surface area (Å²) in [4.78, 5) is 12.1. The van der Waals surface area contributed by atoms with Gasteiger partial charge in [0.15, 0.2) is 0 Å². The lowest BCUT2D eigenvalue weighted by molar-refractivity contribution is 0.103. The smallest absolute Gasteiger partial charge is 0.214 e. The Balaban J connectivity index is 1.90. The number of hydrogen-bond donors (Lipinski definition) is 0. The normalized spacial score (nSPS) is 10.3. The zero-order valence-corrected chi connectivity index (χ0v) is 10.8. The molecule has 0 aliphatic heterocycles. The fourth-order valence-electron chi connectivity index (χ4n) is 1.86. The summed E-state index contributed by atoms with van der Waals surface area (Å²) >= 11 is 1.18. The third-order valence-electron chi connectivity index (χ3n) is 2.85. The van der Waals surface area contributed by atoms with Crippen molar-refractivity contribution >= 4 is 17.3 Å². The van der Waals surface area contributed by atoms with Gasteiger partial charge in [0.2, 0.25) is 5.78 Å². The summed E-state index contributed by atoms with van der Waals surface area (Å²) in [6, 6.07) is 17.6. The molecule has 92 valence electrons. The summed E-state index contributed by atoms with van der Waals surface area (Å²) in [5.41, 5.74) is 3.26. The highest BCUT2D eigenvalue weighted by Crippen LogP contribution is 2.20. The Labute approximate surface area is 114 Å². The molecule has 1 aromatic heterocycles. The largest absolute Gasteiger partial charge is 0.287 e. The number of carbonyl (C=O) groups excluding carboxylic acids is 1. The topological polar surface area (TPSA) is 42.9 Å². The average Bonchev–Trinajstić information content (AvgIpc) is 3.02. The van der Waals surface area contributed by atoms with Crippen LogP contribution in [0.4, 0.5) is 0 Å². The van der Waals surface area contributed by atoms with Gasteiger partial charge in [0.25, 0.3) is 0 Å². The summed E-state index contributed by atoms with van der Waals surface area (Å²) in [5.74, 6) is -0.0895. The van der Waals surface area contributed by atoms with Crippen LogP contribution in [-0.2, 0) is 0 Å². The van der Waals surface area contributed by atoms with E-state index >= 15 is 0 Å². The van der Waals surface area contributed by atoms with Crippen LogP contribution in [-0.4, -0.2) is 15.4 Å². The van der Waals surface area contributed by atoms with E-state index in [0.717, 1.165) is 11.1 Å². The summed E-state index contributed by atoms with van der Waals surface area (Å²) < 4.78 is 3.70. The van der Waals surface area contributed by atoms with Gasteiger partial charge in [-0.05, 0) is 22.7 Å². The van der Waals surface area contributed by atoms with Crippen LogP contribution in [0.1, 0.15) is 16.1 Å². The Morgan fingerprint density at radius 1 is 0.895 bits per heavy atom. The number of rotatable bonds is 3. The third-order valence-corrected chi connectivity index (χ3v) is 3.35. The van der Waals surface area contributed by atoms with E-state index < -0.39 is 0 Å². The van der Waals surface area contributed by atoms with Crippen LogP contribution in [0.5, 0.6) is 0 Å². The Morgan fingerprint density at radius 2 is 1.58 bits per heavy atom. The second kappa shape index (κ2) is 5.12. The standard InChI is InChI=1S/C15H10N2OS/c18-15(14-10-19-17-16-14)13-8-6-12(7-9-13)11-4-2-1-3-5-11/h1-10H. The zero-order chi connectivity index (χ0) is 13.1. The molecular weight excluding hydrogens is 256 g/mol. The van der Waals surface area contributed by atoms with Crippen molar-refractivity contribution in [2.75, 3.05) is 0 Å². The molecule has 0 saturated heterocycles. The first-order chi connectivity index (χ1) is 9.34. The van der Waals surface area contributed by atoms with Crippen LogP contribution in [0, 0.1) is 0 Å². The van der Waals surface area contributed by atoms with Crippen molar-refractivity contribution in [3.63, 3.8) is 0 Å². The van der Waals surface area contributed by atoms with Gasteiger partial charge in [0, 0.05) is 10.9 Å². The van der Waals surface area contributed by atoms with Gasteiger partial charge in [-0.3, -0.25) is 4.79 Å².